The molecule has 5 atom stereocenters. The molecule has 0 bridgehead atoms. The van der Waals surface area contributed by atoms with Crippen molar-refractivity contribution in [3.63, 3.8) is 0 Å². The molecular weight excluding hydrogens is 258 g/mol. The van der Waals surface area contributed by atoms with Gasteiger partial charge in [0.05, 0.1) is 32.0 Å². The molecule has 0 aromatic heterocycles. The van der Waals surface area contributed by atoms with Crippen LogP contribution in [0.25, 0.3) is 0 Å². The van der Waals surface area contributed by atoms with E-state index in [0.29, 0.717) is 0 Å². The second-order valence-electron chi connectivity index (χ2n) is 4.40. The molecule has 8 heteroatoms. The number of rotatable bonds is 6. The highest BCUT2D eigenvalue weighted by Gasteiger charge is 2.42. The Hall–Kier alpha value is -0.770. The van der Waals surface area contributed by atoms with Crippen molar-refractivity contribution in [3.05, 3.63) is 0 Å². The molecule has 0 aromatic carbocycles. The number of aliphatic hydroxyl groups excluding tert-OH is 4. The molecule has 2 unspecified atom stereocenters. The third-order valence-electron chi connectivity index (χ3n) is 2.84. The molecule has 112 valence electrons. The lowest BCUT2D eigenvalue weighted by atomic mass is 9.94. The normalized spacial score (nSPS) is 32.9. The van der Waals surface area contributed by atoms with E-state index in [0.717, 1.165) is 0 Å². The van der Waals surface area contributed by atoms with Gasteiger partial charge in [-0.15, -0.1) is 0 Å². The van der Waals surface area contributed by atoms with Crippen molar-refractivity contribution in [3.8, 4) is 0 Å². The van der Waals surface area contributed by atoms with E-state index < -0.39 is 37.3 Å². The van der Waals surface area contributed by atoms with Crippen molar-refractivity contribution in [2.24, 2.45) is 0 Å². The largest absolute Gasteiger partial charge is 0.394 e. The first-order chi connectivity index (χ1) is 8.99. The summed E-state index contributed by atoms with van der Waals surface area (Å²) >= 11 is 0. The van der Waals surface area contributed by atoms with Crippen molar-refractivity contribution in [2.75, 3.05) is 19.8 Å². The smallest absolute Gasteiger partial charge is 0.217 e. The summed E-state index contributed by atoms with van der Waals surface area (Å²) in [6, 6.07) is -0.825. The summed E-state index contributed by atoms with van der Waals surface area (Å²) < 4.78 is 10.6. The minimum absolute atomic E-state index is 0.0319. The van der Waals surface area contributed by atoms with Crippen molar-refractivity contribution in [1.29, 1.82) is 0 Å². The summed E-state index contributed by atoms with van der Waals surface area (Å²) in [5.41, 5.74) is 0. The van der Waals surface area contributed by atoms with Gasteiger partial charge in [-0.1, -0.05) is 0 Å². The Morgan fingerprint density at radius 3 is 2.74 bits per heavy atom. The summed E-state index contributed by atoms with van der Waals surface area (Å²) in [7, 11) is 0. The van der Waals surface area contributed by atoms with Crippen LogP contribution < -0.4 is 5.32 Å². The molecule has 0 radical (unpaired) electrons. The van der Waals surface area contributed by atoms with Crippen molar-refractivity contribution >= 4 is 5.91 Å². The maximum Gasteiger partial charge on any atom is 0.217 e. The van der Waals surface area contributed by atoms with Gasteiger partial charge in [0.2, 0.25) is 5.91 Å². The van der Waals surface area contributed by atoms with Crippen molar-refractivity contribution in [1.82, 2.24) is 5.32 Å². The Bertz CT molecular complexity index is 288. The third-order valence-corrected chi connectivity index (χ3v) is 2.84. The second kappa shape index (κ2) is 7.73. The van der Waals surface area contributed by atoms with Crippen LogP contribution in [0, 0.1) is 0 Å². The zero-order valence-electron chi connectivity index (χ0n) is 10.7. The first-order valence-corrected chi connectivity index (χ1v) is 6.11. The van der Waals surface area contributed by atoms with Gasteiger partial charge in [0, 0.05) is 13.3 Å². The number of hydrogen-bond donors (Lipinski definition) is 5. The fourth-order valence-corrected chi connectivity index (χ4v) is 2.02. The highest BCUT2D eigenvalue weighted by molar-refractivity contribution is 5.73. The number of hydrogen-bond acceptors (Lipinski definition) is 7. The molecule has 0 aliphatic carbocycles. The van der Waals surface area contributed by atoms with E-state index in [9.17, 15) is 15.0 Å². The first kappa shape index (κ1) is 16.3. The molecule has 1 amide bonds. The Labute approximate surface area is 110 Å². The lowest BCUT2D eigenvalue weighted by Crippen LogP contribution is -2.61. The Balaban J connectivity index is 2.72. The Kier molecular flexibility index (Phi) is 6.63. The predicted octanol–water partition coefficient (Wildman–Crippen LogP) is -2.67. The summed E-state index contributed by atoms with van der Waals surface area (Å²) in [5, 5.41) is 39.8. The van der Waals surface area contributed by atoms with Gasteiger partial charge in [-0.25, -0.2) is 0 Å². The monoisotopic (exact) mass is 279 g/mol. The summed E-state index contributed by atoms with van der Waals surface area (Å²) in [6.45, 7) is 0.548. The number of nitrogens with one attached hydrogen (secondary N) is 1. The number of carbonyl (C=O) groups is 1. The van der Waals surface area contributed by atoms with E-state index in [1.54, 1.807) is 0 Å². The molecule has 0 spiro atoms. The lowest BCUT2D eigenvalue weighted by Gasteiger charge is -2.41. The van der Waals surface area contributed by atoms with Crippen LogP contribution in [0.3, 0.4) is 0 Å². The molecule has 1 heterocycles. The fraction of sp³-hybridized carbons (Fsp3) is 0.909. The van der Waals surface area contributed by atoms with E-state index >= 15 is 0 Å². The van der Waals surface area contributed by atoms with Crippen LogP contribution in [0.4, 0.5) is 0 Å². The van der Waals surface area contributed by atoms with Crippen LogP contribution in [-0.4, -0.2) is 76.8 Å². The van der Waals surface area contributed by atoms with Gasteiger partial charge in [0.15, 0.2) is 6.29 Å². The highest BCUT2D eigenvalue weighted by atomic mass is 16.7. The van der Waals surface area contributed by atoms with Crippen LogP contribution >= 0.6 is 0 Å². The van der Waals surface area contributed by atoms with E-state index in [1.165, 1.54) is 6.92 Å². The van der Waals surface area contributed by atoms with Gasteiger partial charge >= 0.3 is 0 Å². The summed E-state index contributed by atoms with van der Waals surface area (Å²) in [5.74, 6) is -0.377. The van der Waals surface area contributed by atoms with Gasteiger partial charge in [-0.05, 0) is 0 Å². The topological polar surface area (TPSA) is 128 Å². The Morgan fingerprint density at radius 2 is 2.21 bits per heavy atom. The first-order valence-electron chi connectivity index (χ1n) is 6.11. The van der Waals surface area contributed by atoms with Crippen LogP contribution in [0.5, 0.6) is 0 Å². The SMILES string of the molecule is CC(=O)N[C@H]1C([C@H](O)CO)OC(OCCO)C[C@@H]1O. The van der Waals surface area contributed by atoms with E-state index in [4.69, 9.17) is 19.7 Å². The molecule has 5 N–H and O–H groups in total. The van der Waals surface area contributed by atoms with Crippen LogP contribution in [0.2, 0.25) is 0 Å². The standard InChI is InChI=1S/C11H21NO7/c1-6(15)12-10-7(16)4-9(18-3-2-13)19-11(10)8(17)5-14/h7-11,13-14,16-17H,2-5H2,1H3,(H,12,15)/t7-,8+,9?,10+,11?/m0/s1. The number of ether oxygens (including phenoxy) is 2. The average Bonchev–Trinajstić information content (AvgIpc) is 2.37. The zero-order chi connectivity index (χ0) is 14.4. The van der Waals surface area contributed by atoms with Gasteiger partial charge in [-0.3, -0.25) is 4.79 Å². The van der Waals surface area contributed by atoms with Crippen LogP contribution in [0.15, 0.2) is 0 Å². The number of carbonyl (C=O) groups excluding carboxylic acids is 1. The van der Waals surface area contributed by atoms with E-state index in [-0.39, 0.29) is 25.5 Å². The molecule has 19 heavy (non-hydrogen) atoms. The molecular formula is C11H21NO7. The number of amides is 1. The summed E-state index contributed by atoms with van der Waals surface area (Å²) in [6.07, 6.45) is -3.93. The molecule has 1 rings (SSSR count). The van der Waals surface area contributed by atoms with Crippen molar-refractivity contribution < 1.29 is 34.7 Å². The van der Waals surface area contributed by atoms with Crippen LogP contribution in [-0.2, 0) is 14.3 Å². The maximum absolute atomic E-state index is 11.1. The zero-order valence-corrected chi connectivity index (χ0v) is 10.7. The minimum Gasteiger partial charge on any atom is -0.394 e. The predicted molar refractivity (Wildman–Crippen MR) is 63.0 cm³/mol. The molecule has 8 nitrogen and oxygen atoms in total. The molecule has 1 aliphatic rings. The average molecular weight is 279 g/mol. The van der Waals surface area contributed by atoms with Gasteiger partial charge in [0.1, 0.15) is 12.2 Å². The highest BCUT2D eigenvalue weighted by Crippen LogP contribution is 2.23. The van der Waals surface area contributed by atoms with Crippen LogP contribution in [0.1, 0.15) is 13.3 Å². The maximum atomic E-state index is 11.1. The summed E-state index contributed by atoms with van der Waals surface area (Å²) in [4.78, 5) is 11.1. The lowest BCUT2D eigenvalue weighted by molar-refractivity contribution is -0.248. The molecule has 1 saturated heterocycles. The van der Waals surface area contributed by atoms with E-state index in [2.05, 4.69) is 5.32 Å². The van der Waals surface area contributed by atoms with Gasteiger partial charge < -0.3 is 35.2 Å². The quantitative estimate of drug-likeness (QED) is 0.358. The molecule has 0 aromatic rings. The van der Waals surface area contributed by atoms with Gasteiger partial charge in [0.25, 0.3) is 0 Å². The molecule has 0 saturated carbocycles. The third kappa shape index (κ3) is 4.68. The van der Waals surface area contributed by atoms with Crippen molar-refractivity contribution in [2.45, 2.75) is 44.0 Å². The Morgan fingerprint density at radius 1 is 1.53 bits per heavy atom. The van der Waals surface area contributed by atoms with E-state index in [1.807, 2.05) is 0 Å². The molecule has 1 aliphatic heterocycles. The number of aliphatic hydroxyl groups is 4. The molecule has 1 fully saturated rings. The minimum atomic E-state index is -1.26. The van der Waals surface area contributed by atoms with Gasteiger partial charge in [-0.2, -0.15) is 0 Å². The fourth-order valence-electron chi connectivity index (χ4n) is 2.02. The second-order valence-corrected chi connectivity index (χ2v) is 4.40.